The van der Waals surface area contributed by atoms with Crippen molar-refractivity contribution >= 4 is 45.9 Å². The van der Waals surface area contributed by atoms with E-state index in [1.54, 1.807) is 36.5 Å². The van der Waals surface area contributed by atoms with Crippen molar-refractivity contribution < 1.29 is 18.7 Å². The normalized spacial score (nSPS) is 24.8. The summed E-state index contributed by atoms with van der Waals surface area (Å²) >= 11 is 0. The van der Waals surface area contributed by atoms with E-state index < -0.39 is 5.82 Å². The number of hydrogen-bond donors (Lipinski definition) is 2. The fraction of sp³-hybridized carbons (Fsp3) is 0.488. The van der Waals surface area contributed by atoms with Gasteiger partial charge in [-0.25, -0.2) is 9.37 Å². The number of hydrogen-bond acceptors (Lipinski definition) is 8. The predicted molar refractivity (Wildman–Crippen MR) is 201 cm³/mol. The summed E-state index contributed by atoms with van der Waals surface area (Å²) in [5.74, 6) is 2.86. The minimum Gasteiger partial charge on any atom is -0.494 e. The fourth-order valence-electron chi connectivity index (χ4n) is 10.2. The number of anilines is 4. The first-order valence-corrected chi connectivity index (χ1v) is 19.1. The smallest absolute Gasteiger partial charge is 0.257 e. The van der Waals surface area contributed by atoms with Gasteiger partial charge in [0.15, 0.2) is 5.65 Å². The van der Waals surface area contributed by atoms with Crippen LogP contribution in [0.3, 0.4) is 0 Å². The zero-order valence-electron chi connectivity index (χ0n) is 30.4. The lowest BCUT2D eigenvalue weighted by Crippen LogP contribution is -2.52. The highest BCUT2D eigenvalue weighted by Crippen LogP contribution is 2.61. The maximum atomic E-state index is 15.9. The molecule has 2 amide bonds. The molecule has 53 heavy (non-hydrogen) atoms. The lowest BCUT2D eigenvalue weighted by Gasteiger charge is -2.57. The van der Waals surface area contributed by atoms with Crippen LogP contribution in [0.2, 0.25) is 0 Å². The molecule has 0 spiro atoms. The van der Waals surface area contributed by atoms with Crippen molar-refractivity contribution in [2.45, 2.75) is 64.7 Å². The second kappa shape index (κ2) is 13.1. The number of piperazine rings is 1. The SMILES string of the molecule is COc1cc(N2CCN(C(=O)CC34CC5CC(CC(C5)C3)C4)CC2)c(F)cc1Nc1ncc2c(C)cc(=O)n(-c3cccc(NC(=O)C4CC4)c3)c2n1. The first-order valence-electron chi connectivity index (χ1n) is 19.1. The lowest BCUT2D eigenvalue weighted by atomic mass is 9.49. The van der Waals surface area contributed by atoms with Gasteiger partial charge in [-0.15, -0.1) is 0 Å². The third-order valence-electron chi connectivity index (χ3n) is 12.5. The van der Waals surface area contributed by atoms with Crippen molar-refractivity contribution in [2.75, 3.05) is 48.8 Å². The number of pyridine rings is 1. The molecule has 3 heterocycles. The summed E-state index contributed by atoms with van der Waals surface area (Å²) in [5, 5.41) is 6.73. The molecule has 11 nitrogen and oxygen atoms in total. The Morgan fingerprint density at radius 3 is 2.38 bits per heavy atom. The Morgan fingerprint density at radius 2 is 1.70 bits per heavy atom. The molecule has 12 heteroatoms. The molecule has 1 aliphatic heterocycles. The number of carbonyl (C=O) groups is 2. The predicted octanol–water partition coefficient (Wildman–Crippen LogP) is 6.58. The van der Waals surface area contributed by atoms with E-state index in [1.165, 1.54) is 62.3 Å². The van der Waals surface area contributed by atoms with Crippen LogP contribution in [0.1, 0.15) is 63.4 Å². The highest BCUT2D eigenvalue weighted by atomic mass is 19.1. The number of methoxy groups -OCH3 is 1. The van der Waals surface area contributed by atoms with Crippen molar-refractivity contribution in [3.63, 3.8) is 0 Å². The zero-order chi connectivity index (χ0) is 36.4. The van der Waals surface area contributed by atoms with Gasteiger partial charge in [-0.3, -0.25) is 19.0 Å². The first kappa shape index (κ1) is 33.8. The summed E-state index contributed by atoms with van der Waals surface area (Å²) in [6.07, 6.45) is 11.8. The Hall–Kier alpha value is -5.00. The minimum atomic E-state index is -0.430. The molecule has 5 saturated carbocycles. The van der Waals surface area contributed by atoms with Crippen LogP contribution in [-0.4, -0.2) is 64.5 Å². The number of fused-ring (bicyclic) bond motifs is 1. The molecular weight excluding hydrogens is 673 g/mol. The second-order valence-electron chi connectivity index (χ2n) is 16.3. The number of ether oxygens (including phenoxy) is 1. The number of carbonyl (C=O) groups excluding carboxylic acids is 2. The van der Waals surface area contributed by atoms with Gasteiger partial charge in [-0.05, 0) is 105 Å². The van der Waals surface area contributed by atoms with Crippen LogP contribution in [0.5, 0.6) is 5.75 Å². The van der Waals surface area contributed by atoms with Crippen LogP contribution < -0.4 is 25.8 Å². The standard InChI is InChI=1S/C41H46FN7O4/c1-24-12-36(50)49(30-5-3-4-29(16-30)44-39(52)28-6-7-28)38-31(24)23-43-40(46-38)45-33-17-32(42)34(18-35(33)53-2)47-8-10-48(11-9-47)37(51)22-41-19-25-13-26(20-41)15-27(14-25)21-41/h3-5,12,16-18,23,25-28H,6-11,13-15,19-22H2,1-2H3,(H,44,52)(H,43,45,46). The highest BCUT2D eigenvalue weighted by molar-refractivity contribution is 5.94. The van der Waals surface area contributed by atoms with E-state index >= 15 is 4.39 Å². The molecule has 6 aliphatic rings. The Bertz CT molecular complexity index is 2140. The van der Waals surface area contributed by atoms with Gasteiger partial charge in [0.05, 0.1) is 24.2 Å². The number of rotatable bonds is 9. The lowest BCUT2D eigenvalue weighted by molar-refractivity contribution is -0.139. The van der Waals surface area contributed by atoms with Crippen LogP contribution >= 0.6 is 0 Å². The molecule has 4 bridgehead atoms. The summed E-state index contributed by atoms with van der Waals surface area (Å²) in [6.45, 7) is 4.03. The number of amides is 2. The third-order valence-corrected chi connectivity index (χ3v) is 12.5. The Kier molecular flexibility index (Phi) is 8.38. The second-order valence-corrected chi connectivity index (χ2v) is 16.3. The van der Waals surface area contributed by atoms with Gasteiger partial charge >= 0.3 is 0 Å². The van der Waals surface area contributed by atoms with Gasteiger partial charge in [-0.2, -0.15) is 4.98 Å². The highest BCUT2D eigenvalue weighted by Gasteiger charge is 2.51. The molecule has 5 aliphatic carbocycles. The Balaban J connectivity index is 0.918. The van der Waals surface area contributed by atoms with E-state index in [9.17, 15) is 14.4 Å². The van der Waals surface area contributed by atoms with E-state index in [-0.39, 0.29) is 34.7 Å². The number of halogens is 1. The quantitative estimate of drug-likeness (QED) is 0.199. The third kappa shape index (κ3) is 6.50. The molecule has 2 aromatic carbocycles. The monoisotopic (exact) mass is 719 g/mol. The average molecular weight is 720 g/mol. The van der Waals surface area contributed by atoms with E-state index in [2.05, 4.69) is 15.6 Å². The van der Waals surface area contributed by atoms with Gasteiger partial charge in [0.1, 0.15) is 11.6 Å². The van der Waals surface area contributed by atoms with Gasteiger partial charge in [0.2, 0.25) is 17.8 Å². The molecule has 1 saturated heterocycles. The molecule has 0 atom stereocenters. The van der Waals surface area contributed by atoms with Crippen LogP contribution in [-0.2, 0) is 9.59 Å². The van der Waals surface area contributed by atoms with Crippen molar-refractivity contribution in [3.05, 3.63) is 70.4 Å². The summed E-state index contributed by atoms with van der Waals surface area (Å²) < 4.78 is 23.1. The van der Waals surface area contributed by atoms with Crippen LogP contribution in [0.4, 0.5) is 27.4 Å². The summed E-state index contributed by atoms with van der Waals surface area (Å²) in [5.41, 5.74) is 2.89. The molecule has 2 aromatic heterocycles. The van der Waals surface area contributed by atoms with Crippen molar-refractivity contribution in [1.82, 2.24) is 19.4 Å². The average Bonchev–Trinajstić information content (AvgIpc) is 3.98. The van der Waals surface area contributed by atoms with Crippen LogP contribution in [0.25, 0.3) is 16.7 Å². The van der Waals surface area contributed by atoms with Crippen LogP contribution in [0.15, 0.2) is 53.5 Å². The zero-order valence-corrected chi connectivity index (χ0v) is 30.4. The van der Waals surface area contributed by atoms with Crippen molar-refractivity contribution in [3.8, 4) is 11.4 Å². The number of nitrogens with one attached hydrogen (secondary N) is 2. The minimum absolute atomic E-state index is 0.0240. The number of benzene rings is 2. The molecule has 0 unspecified atom stereocenters. The molecule has 2 N–H and O–H groups in total. The summed E-state index contributed by atoms with van der Waals surface area (Å²) in [7, 11) is 1.53. The van der Waals surface area contributed by atoms with E-state index in [0.29, 0.717) is 77.7 Å². The maximum absolute atomic E-state index is 15.9. The largest absolute Gasteiger partial charge is 0.494 e. The topological polar surface area (TPSA) is 122 Å². The molecule has 276 valence electrons. The van der Waals surface area contributed by atoms with E-state index in [4.69, 9.17) is 9.72 Å². The number of aryl methyl sites for hydroxylation is 1. The Morgan fingerprint density at radius 1 is 0.981 bits per heavy atom. The summed E-state index contributed by atoms with van der Waals surface area (Å²) in [4.78, 5) is 52.6. The molecular formula is C41H46FN7O4. The van der Waals surface area contributed by atoms with Crippen LogP contribution in [0, 0.1) is 41.8 Å². The van der Waals surface area contributed by atoms with Gasteiger partial charge in [0, 0.05) is 74.0 Å². The molecule has 6 fully saturated rings. The summed E-state index contributed by atoms with van der Waals surface area (Å²) in [6, 6.07) is 11.7. The fourth-order valence-corrected chi connectivity index (χ4v) is 10.2. The number of aromatic nitrogens is 3. The number of nitrogens with zero attached hydrogens (tertiary/aromatic N) is 5. The molecule has 4 aromatic rings. The van der Waals surface area contributed by atoms with E-state index in [0.717, 1.165) is 30.6 Å². The molecule has 0 radical (unpaired) electrons. The molecule has 10 rings (SSSR count). The van der Waals surface area contributed by atoms with Gasteiger partial charge < -0.3 is 25.2 Å². The Labute approximate surface area is 307 Å². The van der Waals surface area contributed by atoms with Crippen molar-refractivity contribution in [1.29, 1.82) is 0 Å². The maximum Gasteiger partial charge on any atom is 0.257 e. The van der Waals surface area contributed by atoms with Crippen molar-refractivity contribution in [2.24, 2.45) is 29.1 Å². The van der Waals surface area contributed by atoms with Gasteiger partial charge in [-0.1, -0.05) is 6.07 Å². The first-order chi connectivity index (χ1) is 25.6. The van der Waals surface area contributed by atoms with E-state index in [1.807, 2.05) is 16.7 Å². The van der Waals surface area contributed by atoms with Gasteiger partial charge in [0.25, 0.3) is 5.56 Å².